The molecule has 0 aliphatic rings. The number of benzene rings is 2. The third kappa shape index (κ3) is 3.68. The van der Waals surface area contributed by atoms with Gasteiger partial charge in [-0.25, -0.2) is 9.18 Å². The average Bonchev–Trinajstić information content (AvgIpc) is 2.50. The highest BCUT2D eigenvalue weighted by atomic mass is 79.9. The normalized spacial score (nSPS) is 10.6. The Hall–Kier alpha value is -1.99. The fraction of sp³-hybridized carbons (Fsp3) is 0. The van der Waals surface area contributed by atoms with Gasteiger partial charge in [0.2, 0.25) is 5.89 Å². The second-order valence-electron chi connectivity index (χ2n) is 4.60. The van der Waals surface area contributed by atoms with E-state index < -0.39 is 11.4 Å². The van der Waals surface area contributed by atoms with Gasteiger partial charge in [0.05, 0.1) is 17.3 Å². The van der Waals surface area contributed by atoms with Crippen molar-refractivity contribution in [3.63, 3.8) is 0 Å². The number of anilines is 2. The lowest BCUT2D eigenvalue weighted by Crippen LogP contribution is -2.05. The molecule has 1 N–H and O–H groups in total. The molecule has 3 rings (SSSR count). The van der Waals surface area contributed by atoms with Gasteiger partial charge in [-0.15, -0.1) is 0 Å². The molecule has 0 fully saturated rings. The third-order valence-corrected chi connectivity index (χ3v) is 4.12. The van der Waals surface area contributed by atoms with E-state index in [-0.39, 0.29) is 17.3 Å². The average molecular weight is 440 g/mol. The number of rotatable bonds is 3. The standard InChI is InChI=1S/C16H9Br2FN2O2/c17-9-5-6-13(11(18)7-9)20-14-8-15(22)23-16(21-14)10-3-1-2-4-12(10)19/h1-8,20H. The zero-order valence-electron chi connectivity index (χ0n) is 11.5. The van der Waals surface area contributed by atoms with Gasteiger partial charge >= 0.3 is 5.63 Å². The van der Waals surface area contributed by atoms with Crippen molar-refractivity contribution >= 4 is 43.4 Å². The third-order valence-electron chi connectivity index (χ3n) is 2.97. The van der Waals surface area contributed by atoms with Crippen molar-refractivity contribution < 1.29 is 8.81 Å². The largest absolute Gasteiger partial charge is 0.403 e. The Bertz CT molecular complexity index is 928. The van der Waals surface area contributed by atoms with Crippen LogP contribution in [-0.2, 0) is 0 Å². The summed E-state index contributed by atoms with van der Waals surface area (Å²) >= 11 is 6.78. The molecule has 1 aromatic heterocycles. The van der Waals surface area contributed by atoms with Gasteiger partial charge < -0.3 is 9.73 Å². The summed E-state index contributed by atoms with van der Waals surface area (Å²) in [6.45, 7) is 0. The molecule has 0 spiro atoms. The minimum absolute atomic E-state index is 0.0775. The van der Waals surface area contributed by atoms with Gasteiger partial charge in [0.1, 0.15) is 11.6 Å². The molecule has 0 saturated heterocycles. The van der Waals surface area contributed by atoms with E-state index in [0.717, 1.165) is 8.95 Å². The first-order valence-electron chi connectivity index (χ1n) is 6.52. The molecule has 0 atom stereocenters. The molecular weight excluding hydrogens is 431 g/mol. The van der Waals surface area contributed by atoms with E-state index in [1.54, 1.807) is 12.1 Å². The Morgan fingerprint density at radius 1 is 1.09 bits per heavy atom. The summed E-state index contributed by atoms with van der Waals surface area (Å²) in [5.41, 5.74) is 0.225. The number of nitrogens with zero attached hydrogens (tertiary/aromatic N) is 1. The van der Waals surface area contributed by atoms with Gasteiger partial charge in [0.25, 0.3) is 0 Å². The van der Waals surface area contributed by atoms with E-state index in [4.69, 9.17) is 4.42 Å². The predicted octanol–water partition coefficient (Wildman–Crippen LogP) is 5.11. The van der Waals surface area contributed by atoms with Gasteiger partial charge in [-0.2, -0.15) is 4.98 Å². The lowest BCUT2D eigenvalue weighted by Gasteiger charge is -2.09. The van der Waals surface area contributed by atoms with Gasteiger partial charge in [0.15, 0.2) is 0 Å². The summed E-state index contributed by atoms with van der Waals surface area (Å²) in [4.78, 5) is 15.9. The van der Waals surface area contributed by atoms with Crippen LogP contribution < -0.4 is 10.9 Å². The topological polar surface area (TPSA) is 55.1 Å². The van der Waals surface area contributed by atoms with Crippen molar-refractivity contribution in [2.45, 2.75) is 0 Å². The number of nitrogens with one attached hydrogen (secondary N) is 1. The highest BCUT2D eigenvalue weighted by Gasteiger charge is 2.11. The maximum absolute atomic E-state index is 13.8. The van der Waals surface area contributed by atoms with Crippen molar-refractivity contribution in [3.8, 4) is 11.5 Å². The number of halogens is 3. The van der Waals surface area contributed by atoms with Gasteiger partial charge in [-0.3, -0.25) is 0 Å². The summed E-state index contributed by atoms with van der Waals surface area (Å²) in [5, 5.41) is 3.01. The summed E-state index contributed by atoms with van der Waals surface area (Å²) in [7, 11) is 0. The molecule has 0 amide bonds. The molecule has 0 bridgehead atoms. The lowest BCUT2D eigenvalue weighted by atomic mass is 10.2. The van der Waals surface area contributed by atoms with Crippen molar-refractivity contribution in [2.75, 3.05) is 5.32 Å². The molecule has 2 aromatic carbocycles. The Balaban J connectivity index is 2.01. The SMILES string of the molecule is O=c1cc(Nc2ccc(Br)cc2Br)nc(-c2ccccc2F)o1. The summed E-state index contributed by atoms with van der Waals surface area (Å²) < 4.78 is 20.5. The molecule has 1 heterocycles. The highest BCUT2D eigenvalue weighted by molar-refractivity contribution is 9.11. The van der Waals surface area contributed by atoms with Crippen LogP contribution in [0.15, 0.2) is 66.7 Å². The van der Waals surface area contributed by atoms with Crippen LogP contribution >= 0.6 is 31.9 Å². The fourth-order valence-electron chi connectivity index (χ4n) is 1.94. The Labute approximate surface area is 147 Å². The lowest BCUT2D eigenvalue weighted by molar-refractivity contribution is 0.503. The Morgan fingerprint density at radius 2 is 1.87 bits per heavy atom. The number of hydrogen-bond acceptors (Lipinski definition) is 4. The Kier molecular flexibility index (Phi) is 4.58. The van der Waals surface area contributed by atoms with Crippen LogP contribution in [0.4, 0.5) is 15.9 Å². The van der Waals surface area contributed by atoms with Gasteiger partial charge in [-0.1, -0.05) is 28.1 Å². The van der Waals surface area contributed by atoms with E-state index >= 15 is 0 Å². The van der Waals surface area contributed by atoms with Crippen LogP contribution in [0.2, 0.25) is 0 Å². The van der Waals surface area contributed by atoms with Crippen molar-refractivity contribution in [2.24, 2.45) is 0 Å². The van der Waals surface area contributed by atoms with E-state index in [9.17, 15) is 9.18 Å². The van der Waals surface area contributed by atoms with E-state index in [2.05, 4.69) is 42.2 Å². The molecule has 7 heteroatoms. The second-order valence-corrected chi connectivity index (χ2v) is 6.37. The molecule has 0 radical (unpaired) electrons. The van der Waals surface area contributed by atoms with Crippen LogP contribution in [0.25, 0.3) is 11.5 Å². The quantitative estimate of drug-likeness (QED) is 0.616. The van der Waals surface area contributed by atoms with Crippen LogP contribution in [0.3, 0.4) is 0 Å². The van der Waals surface area contributed by atoms with Crippen LogP contribution in [0, 0.1) is 5.82 Å². The minimum atomic E-state index is -0.617. The molecule has 0 saturated carbocycles. The first-order valence-corrected chi connectivity index (χ1v) is 8.11. The molecule has 0 unspecified atom stereocenters. The molecule has 0 aliphatic heterocycles. The minimum Gasteiger partial charge on any atom is -0.403 e. The molecule has 4 nitrogen and oxygen atoms in total. The van der Waals surface area contributed by atoms with E-state index in [1.165, 1.54) is 18.2 Å². The van der Waals surface area contributed by atoms with Gasteiger partial charge in [-0.05, 0) is 46.3 Å². The fourth-order valence-corrected chi connectivity index (χ4v) is 3.09. The Morgan fingerprint density at radius 3 is 2.61 bits per heavy atom. The van der Waals surface area contributed by atoms with Crippen molar-refractivity contribution in [1.82, 2.24) is 4.98 Å². The maximum Gasteiger partial charge on any atom is 0.341 e. The van der Waals surface area contributed by atoms with E-state index in [0.29, 0.717) is 5.69 Å². The summed E-state index contributed by atoms with van der Waals surface area (Å²) in [6.07, 6.45) is 0. The monoisotopic (exact) mass is 438 g/mol. The zero-order valence-corrected chi connectivity index (χ0v) is 14.7. The number of hydrogen-bond donors (Lipinski definition) is 1. The first-order chi connectivity index (χ1) is 11.0. The highest BCUT2D eigenvalue weighted by Crippen LogP contribution is 2.29. The molecule has 3 aromatic rings. The van der Waals surface area contributed by atoms with E-state index in [1.807, 2.05) is 18.2 Å². The van der Waals surface area contributed by atoms with Crippen LogP contribution in [0.5, 0.6) is 0 Å². The zero-order chi connectivity index (χ0) is 16.4. The van der Waals surface area contributed by atoms with Crippen molar-refractivity contribution in [3.05, 3.63) is 73.7 Å². The second kappa shape index (κ2) is 6.64. The van der Waals surface area contributed by atoms with Crippen molar-refractivity contribution in [1.29, 1.82) is 0 Å². The maximum atomic E-state index is 13.8. The van der Waals surface area contributed by atoms with Crippen LogP contribution in [0.1, 0.15) is 0 Å². The number of aromatic nitrogens is 1. The molecule has 116 valence electrons. The first kappa shape index (κ1) is 15.9. The predicted molar refractivity (Wildman–Crippen MR) is 93.3 cm³/mol. The molecular formula is C16H9Br2FN2O2. The molecule has 23 heavy (non-hydrogen) atoms. The molecule has 0 aliphatic carbocycles. The summed E-state index contributed by atoms with van der Waals surface area (Å²) in [6, 6.07) is 12.7. The smallest absolute Gasteiger partial charge is 0.341 e. The van der Waals surface area contributed by atoms with Gasteiger partial charge in [0, 0.05) is 8.95 Å². The summed E-state index contributed by atoms with van der Waals surface area (Å²) in [5.74, 6) is -0.320. The van der Waals surface area contributed by atoms with Crippen LogP contribution in [-0.4, -0.2) is 4.98 Å².